The number of para-hydroxylation sites is 1. The molecule has 0 aliphatic rings. The Labute approximate surface area is 103 Å². The van der Waals surface area contributed by atoms with Gasteiger partial charge in [-0.3, -0.25) is 4.79 Å². The molecule has 0 N–H and O–H groups in total. The average molecular weight is 262 g/mol. The molecule has 0 unspecified atom stereocenters. The van der Waals surface area contributed by atoms with Crippen molar-refractivity contribution < 1.29 is 27.4 Å². The number of esters is 1. The lowest BCUT2D eigenvalue weighted by atomic mass is 10.1. The van der Waals surface area contributed by atoms with Gasteiger partial charge in [0.15, 0.2) is 0 Å². The van der Waals surface area contributed by atoms with Crippen LogP contribution < -0.4 is 4.74 Å². The average Bonchev–Trinajstić information content (AvgIpc) is 2.28. The van der Waals surface area contributed by atoms with Gasteiger partial charge in [-0.15, -0.1) is 13.2 Å². The lowest BCUT2D eigenvalue weighted by molar-refractivity contribution is -0.275. The van der Waals surface area contributed by atoms with Crippen molar-refractivity contribution >= 4 is 5.97 Å². The highest BCUT2D eigenvalue weighted by molar-refractivity contribution is 5.69. The van der Waals surface area contributed by atoms with Crippen molar-refractivity contribution in [3.63, 3.8) is 0 Å². The summed E-state index contributed by atoms with van der Waals surface area (Å²) in [5.41, 5.74) is 0.701. The summed E-state index contributed by atoms with van der Waals surface area (Å²) in [6.07, 6.45) is -4.60. The maximum Gasteiger partial charge on any atom is 0.573 e. The zero-order valence-electron chi connectivity index (χ0n) is 10.0. The second kappa shape index (κ2) is 5.75. The zero-order valence-corrected chi connectivity index (χ0v) is 10.0. The van der Waals surface area contributed by atoms with Crippen LogP contribution in [0.2, 0.25) is 0 Å². The highest BCUT2D eigenvalue weighted by Gasteiger charge is 2.32. The monoisotopic (exact) mass is 262 g/mol. The first-order valence-corrected chi connectivity index (χ1v) is 5.24. The van der Waals surface area contributed by atoms with E-state index in [9.17, 15) is 18.0 Å². The van der Waals surface area contributed by atoms with Crippen molar-refractivity contribution in [2.75, 3.05) is 7.11 Å². The fraction of sp³-hybridized carbons (Fsp3) is 0.417. The van der Waals surface area contributed by atoms with Crippen molar-refractivity contribution in [1.29, 1.82) is 0 Å². The summed E-state index contributed by atoms with van der Waals surface area (Å²) in [5.74, 6) is -0.719. The molecule has 0 saturated heterocycles. The Balaban J connectivity index is 2.90. The summed E-state index contributed by atoms with van der Waals surface area (Å²) >= 11 is 0. The molecule has 0 aromatic heterocycles. The van der Waals surface area contributed by atoms with E-state index in [1.54, 1.807) is 6.07 Å². The lowest BCUT2D eigenvalue weighted by Crippen LogP contribution is -2.19. The molecule has 18 heavy (non-hydrogen) atoms. The van der Waals surface area contributed by atoms with Crippen LogP contribution in [0, 0.1) is 6.92 Å². The summed E-state index contributed by atoms with van der Waals surface area (Å²) in [6.45, 7) is 1.52. The number of aryl methyl sites for hydroxylation is 2. The Bertz CT molecular complexity index is 427. The minimum atomic E-state index is -4.74. The predicted molar refractivity (Wildman–Crippen MR) is 58.2 cm³/mol. The molecule has 0 amide bonds. The van der Waals surface area contributed by atoms with Crippen molar-refractivity contribution in [1.82, 2.24) is 0 Å². The molecule has 0 spiro atoms. The third-order valence-electron chi connectivity index (χ3n) is 2.34. The molecule has 1 aromatic rings. The van der Waals surface area contributed by atoms with E-state index in [1.807, 2.05) is 0 Å². The van der Waals surface area contributed by atoms with Crippen LogP contribution in [0.25, 0.3) is 0 Å². The van der Waals surface area contributed by atoms with Crippen molar-refractivity contribution in [2.45, 2.75) is 26.1 Å². The van der Waals surface area contributed by atoms with E-state index >= 15 is 0 Å². The lowest BCUT2D eigenvalue weighted by Gasteiger charge is -2.15. The molecule has 0 radical (unpaired) electrons. The van der Waals surface area contributed by atoms with Gasteiger partial charge in [0.1, 0.15) is 5.75 Å². The van der Waals surface area contributed by atoms with Crippen LogP contribution in [0.4, 0.5) is 13.2 Å². The van der Waals surface area contributed by atoms with Crippen molar-refractivity contribution in [3.8, 4) is 5.75 Å². The number of ether oxygens (including phenoxy) is 2. The van der Waals surface area contributed by atoms with Crippen LogP contribution in [0.15, 0.2) is 18.2 Å². The molecule has 0 atom stereocenters. The van der Waals surface area contributed by atoms with Gasteiger partial charge in [-0.05, 0) is 24.5 Å². The third kappa shape index (κ3) is 4.27. The number of rotatable bonds is 4. The van der Waals surface area contributed by atoms with Crippen LogP contribution in [0.1, 0.15) is 17.5 Å². The van der Waals surface area contributed by atoms with E-state index < -0.39 is 12.3 Å². The second-order valence-corrected chi connectivity index (χ2v) is 3.69. The van der Waals surface area contributed by atoms with Crippen LogP contribution in [-0.2, 0) is 16.0 Å². The number of carbonyl (C=O) groups excluding carboxylic acids is 1. The largest absolute Gasteiger partial charge is 0.573 e. The normalized spacial score (nSPS) is 11.2. The smallest absolute Gasteiger partial charge is 0.469 e. The molecule has 0 saturated carbocycles. The molecule has 0 heterocycles. The fourth-order valence-electron chi connectivity index (χ4n) is 1.51. The van der Waals surface area contributed by atoms with Gasteiger partial charge in [0, 0.05) is 6.42 Å². The molecular weight excluding hydrogens is 249 g/mol. The third-order valence-corrected chi connectivity index (χ3v) is 2.34. The van der Waals surface area contributed by atoms with E-state index in [0.29, 0.717) is 11.1 Å². The molecular formula is C12H13F3O3. The van der Waals surface area contributed by atoms with Gasteiger partial charge in [0.2, 0.25) is 0 Å². The first-order valence-electron chi connectivity index (χ1n) is 5.24. The van der Waals surface area contributed by atoms with Crippen molar-refractivity contribution in [3.05, 3.63) is 29.3 Å². The van der Waals surface area contributed by atoms with Crippen LogP contribution in [0.3, 0.4) is 0 Å². The molecule has 0 fully saturated rings. The molecule has 3 nitrogen and oxygen atoms in total. The first kappa shape index (κ1) is 14.3. The quantitative estimate of drug-likeness (QED) is 0.782. The van der Waals surface area contributed by atoms with Gasteiger partial charge >= 0.3 is 12.3 Å². The molecule has 100 valence electrons. The number of halogens is 3. The van der Waals surface area contributed by atoms with Crippen molar-refractivity contribution in [2.24, 2.45) is 0 Å². The Morgan fingerprint density at radius 1 is 1.33 bits per heavy atom. The van der Waals surface area contributed by atoms with E-state index in [4.69, 9.17) is 0 Å². The van der Waals surface area contributed by atoms with E-state index in [1.165, 1.54) is 26.2 Å². The van der Waals surface area contributed by atoms with Gasteiger partial charge in [0.25, 0.3) is 0 Å². The molecule has 0 aliphatic carbocycles. The maximum absolute atomic E-state index is 12.3. The number of alkyl halides is 3. The van der Waals surface area contributed by atoms with Gasteiger partial charge in [0.05, 0.1) is 7.11 Å². The van der Waals surface area contributed by atoms with E-state index in [-0.39, 0.29) is 18.6 Å². The number of hydrogen-bond acceptors (Lipinski definition) is 3. The molecule has 0 aliphatic heterocycles. The number of hydrogen-bond donors (Lipinski definition) is 0. The maximum atomic E-state index is 12.3. The van der Waals surface area contributed by atoms with Gasteiger partial charge in [-0.25, -0.2) is 0 Å². The highest BCUT2D eigenvalue weighted by Crippen LogP contribution is 2.30. The number of benzene rings is 1. The molecule has 6 heteroatoms. The Kier molecular flexibility index (Phi) is 4.58. The number of carbonyl (C=O) groups is 1. The van der Waals surface area contributed by atoms with Crippen LogP contribution >= 0.6 is 0 Å². The van der Waals surface area contributed by atoms with Crippen LogP contribution in [0.5, 0.6) is 5.75 Å². The summed E-state index contributed by atoms with van der Waals surface area (Å²) in [4.78, 5) is 11.0. The van der Waals surface area contributed by atoms with Gasteiger partial charge in [-0.1, -0.05) is 18.2 Å². The first-order chi connectivity index (χ1) is 8.33. The zero-order chi connectivity index (χ0) is 13.8. The highest BCUT2D eigenvalue weighted by atomic mass is 19.4. The van der Waals surface area contributed by atoms with Crippen LogP contribution in [-0.4, -0.2) is 19.4 Å². The summed E-state index contributed by atoms with van der Waals surface area (Å²) < 4.78 is 45.2. The van der Waals surface area contributed by atoms with E-state index in [2.05, 4.69) is 9.47 Å². The van der Waals surface area contributed by atoms with Gasteiger partial charge in [-0.2, -0.15) is 0 Å². The molecule has 1 rings (SSSR count). The number of methoxy groups -OCH3 is 1. The minimum Gasteiger partial charge on any atom is -0.469 e. The molecule has 0 bridgehead atoms. The second-order valence-electron chi connectivity index (χ2n) is 3.69. The predicted octanol–water partition coefficient (Wildman–Crippen LogP) is 3.00. The van der Waals surface area contributed by atoms with E-state index in [0.717, 1.165) is 0 Å². The minimum absolute atomic E-state index is 0.00811. The summed E-state index contributed by atoms with van der Waals surface area (Å²) in [6, 6.07) is 4.63. The Hall–Kier alpha value is -1.72. The van der Waals surface area contributed by atoms with Gasteiger partial charge < -0.3 is 9.47 Å². The summed E-state index contributed by atoms with van der Waals surface area (Å²) in [7, 11) is 1.23. The fourth-order valence-corrected chi connectivity index (χ4v) is 1.51. The Morgan fingerprint density at radius 2 is 2.00 bits per heavy atom. The Morgan fingerprint density at radius 3 is 2.56 bits per heavy atom. The topological polar surface area (TPSA) is 35.5 Å². The standard InChI is InChI=1S/C12H13F3O3/c1-8-4-3-5-9(6-7-10(16)17-2)11(8)18-12(13,14)15/h3-5H,6-7H2,1-2H3. The SMILES string of the molecule is COC(=O)CCc1cccc(C)c1OC(F)(F)F. The molecule has 1 aromatic carbocycles. The summed E-state index contributed by atoms with van der Waals surface area (Å²) in [5, 5.41) is 0.